The highest BCUT2D eigenvalue weighted by molar-refractivity contribution is 5.97. The molecule has 116 valence electrons. The summed E-state index contributed by atoms with van der Waals surface area (Å²) in [4.78, 5) is 16.8. The van der Waals surface area contributed by atoms with Gasteiger partial charge in [-0.25, -0.2) is 4.98 Å². The van der Waals surface area contributed by atoms with Crippen LogP contribution >= 0.6 is 0 Å². The number of hydrogen-bond acceptors (Lipinski definition) is 3. The summed E-state index contributed by atoms with van der Waals surface area (Å²) in [5.74, 6) is -0.201. The van der Waals surface area contributed by atoms with E-state index in [1.54, 1.807) is 4.90 Å². The van der Waals surface area contributed by atoms with Crippen LogP contribution in [0.4, 0.5) is 19.0 Å². The van der Waals surface area contributed by atoms with Crippen LogP contribution < -0.4 is 10.6 Å². The minimum absolute atomic E-state index is 0.0394. The van der Waals surface area contributed by atoms with Crippen molar-refractivity contribution in [3.05, 3.63) is 23.4 Å². The maximum atomic E-state index is 12.8. The molecule has 4 nitrogen and oxygen atoms in total. The molecule has 1 unspecified atom stereocenters. The van der Waals surface area contributed by atoms with Gasteiger partial charge >= 0.3 is 6.18 Å². The lowest BCUT2D eigenvalue weighted by Gasteiger charge is -2.24. The largest absolute Gasteiger partial charge is 0.433 e. The van der Waals surface area contributed by atoms with Gasteiger partial charge in [-0.3, -0.25) is 4.79 Å². The number of amides is 1. The quantitative estimate of drug-likeness (QED) is 0.913. The average molecular weight is 301 g/mol. The van der Waals surface area contributed by atoms with Crippen molar-refractivity contribution < 1.29 is 18.0 Å². The molecule has 0 aliphatic carbocycles. The number of carbonyl (C=O) groups is 1. The molecule has 7 heteroatoms. The molecule has 0 spiro atoms. The third kappa shape index (κ3) is 3.65. The molecule has 2 heterocycles. The minimum atomic E-state index is -4.54. The number of halogens is 3. The van der Waals surface area contributed by atoms with E-state index in [2.05, 4.69) is 11.9 Å². The molecule has 1 aromatic rings. The normalized spacial score (nSPS) is 20.2. The van der Waals surface area contributed by atoms with Crippen LogP contribution in [0, 0.1) is 5.92 Å². The third-order valence-electron chi connectivity index (χ3n) is 3.75. The van der Waals surface area contributed by atoms with Crippen LogP contribution in [0.3, 0.4) is 0 Å². The predicted octanol–water partition coefficient (Wildman–Crippen LogP) is 2.83. The number of alkyl halides is 3. The van der Waals surface area contributed by atoms with Crippen molar-refractivity contribution in [3.8, 4) is 0 Å². The number of rotatable bonds is 2. The first kappa shape index (κ1) is 15.6. The van der Waals surface area contributed by atoms with Gasteiger partial charge in [0.25, 0.3) is 5.91 Å². The lowest BCUT2D eigenvalue weighted by atomic mass is 10.0. The van der Waals surface area contributed by atoms with E-state index in [0.717, 1.165) is 31.4 Å². The van der Waals surface area contributed by atoms with Crippen molar-refractivity contribution in [2.75, 3.05) is 18.0 Å². The number of nitrogens with zero attached hydrogens (tertiary/aromatic N) is 2. The Kier molecular flexibility index (Phi) is 4.39. The number of aromatic nitrogens is 1. The van der Waals surface area contributed by atoms with Gasteiger partial charge in [-0.15, -0.1) is 0 Å². The zero-order chi connectivity index (χ0) is 15.6. The fraction of sp³-hybridized carbons (Fsp3) is 0.571. The average Bonchev–Trinajstić information content (AvgIpc) is 2.61. The molecule has 0 aromatic carbocycles. The fourth-order valence-electron chi connectivity index (χ4n) is 2.51. The fourth-order valence-corrected chi connectivity index (χ4v) is 2.51. The van der Waals surface area contributed by atoms with Gasteiger partial charge in [0, 0.05) is 13.1 Å². The van der Waals surface area contributed by atoms with Crippen LogP contribution in [0.25, 0.3) is 0 Å². The van der Waals surface area contributed by atoms with Crippen molar-refractivity contribution in [2.24, 2.45) is 11.7 Å². The molecule has 1 amide bonds. The maximum absolute atomic E-state index is 12.8. The second kappa shape index (κ2) is 5.91. The van der Waals surface area contributed by atoms with Gasteiger partial charge < -0.3 is 10.6 Å². The molecular weight excluding hydrogens is 283 g/mol. The van der Waals surface area contributed by atoms with Gasteiger partial charge in [0.05, 0.1) is 5.56 Å². The molecule has 1 aliphatic rings. The standard InChI is InChI=1S/C14H18F3N3O/c1-9-3-2-7-20(8-6-9)13-10(12(18)21)4-5-11(19-13)14(15,16)17/h4-5,9H,2-3,6-8H2,1H3,(H2,18,21). The van der Waals surface area contributed by atoms with Crippen LogP contribution in [0.15, 0.2) is 12.1 Å². The molecular formula is C14H18F3N3O. The van der Waals surface area contributed by atoms with Crippen LogP contribution in [-0.2, 0) is 6.18 Å². The number of carbonyl (C=O) groups excluding carboxylic acids is 1. The van der Waals surface area contributed by atoms with Crippen LogP contribution in [-0.4, -0.2) is 24.0 Å². The molecule has 1 fully saturated rings. The van der Waals surface area contributed by atoms with E-state index in [9.17, 15) is 18.0 Å². The van der Waals surface area contributed by atoms with Crippen molar-refractivity contribution in [3.63, 3.8) is 0 Å². The van der Waals surface area contributed by atoms with Gasteiger partial charge in [0.1, 0.15) is 11.5 Å². The van der Waals surface area contributed by atoms with Crippen molar-refractivity contribution in [1.29, 1.82) is 0 Å². The van der Waals surface area contributed by atoms with Gasteiger partial charge in [0.2, 0.25) is 0 Å². The first-order chi connectivity index (χ1) is 9.79. The van der Waals surface area contributed by atoms with Gasteiger partial charge in [0.15, 0.2) is 0 Å². The Hall–Kier alpha value is -1.79. The van der Waals surface area contributed by atoms with E-state index < -0.39 is 17.8 Å². The lowest BCUT2D eigenvalue weighted by Crippen LogP contribution is -2.29. The lowest BCUT2D eigenvalue weighted by molar-refractivity contribution is -0.141. The smallest absolute Gasteiger partial charge is 0.365 e. The maximum Gasteiger partial charge on any atom is 0.433 e. The van der Waals surface area contributed by atoms with E-state index in [1.807, 2.05) is 0 Å². The molecule has 1 aromatic heterocycles. The second-order valence-corrected chi connectivity index (χ2v) is 5.45. The molecule has 0 bridgehead atoms. The Morgan fingerprint density at radius 3 is 2.67 bits per heavy atom. The molecule has 0 saturated carbocycles. The molecule has 21 heavy (non-hydrogen) atoms. The minimum Gasteiger partial charge on any atom is -0.365 e. The monoisotopic (exact) mass is 301 g/mol. The van der Waals surface area contributed by atoms with Crippen molar-refractivity contribution in [1.82, 2.24) is 4.98 Å². The van der Waals surface area contributed by atoms with E-state index in [1.165, 1.54) is 0 Å². The van der Waals surface area contributed by atoms with E-state index in [0.29, 0.717) is 19.0 Å². The second-order valence-electron chi connectivity index (χ2n) is 5.45. The number of nitrogens with two attached hydrogens (primary N) is 1. The van der Waals surface area contributed by atoms with E-state index in [-0.39, 0.29) is 11.4 Å². The van der Waals surface area contributed by atoms with E-state index >= 15 is 0 Å². The summed E-state index contributed by atoms with van der Waals surface area (Å²) in [6.45, 7) is 3.27. The van der Waals surface area contributed by atoms with E-state index in [4.69, 9.17) is 5.73 Å². The molecule has 0 radical (unpaired) electrons. The van der Waals surface area contributed by atoms with Crippen LogP contribution in [0.2, 0.25) is 0 Å². The SMILES string of the molecule is CC1CCCN(c2nc(C(F)(F)F)ccc2C(N)=O)CC1. The zero-order valence-corrected chi connectivity index (χ0v) is 11.8. The number of hydrogen-bond donors (Lipinski definition) is 1. The van der Waals surface area contributed by atoms with Crippen molar-refractivity contribution in [2.45, 2.75) is 32.4 Å². The topological polar surface area (TPSA) is 59.2 Å². The summed E-state index contributed by atoms with van der Waals surface area (Å²) in [5, 5.41) is 0. The first-order valence-corrected chi connectivity index (χ1v) is 6.92. The summed E-state index contributed by atoms with van der Waals surface area (Å²) < 4.78 is 38.4. The van der Waals surface area contributed by atoms with Crippen molar-refractivity contribution >= 4 is 11.7 Å². The number of anilines is 1. The highest BCUT2D eigenvalue weighted by Gasteiger charge is 2.34. The Bertz CT molecular complexity index is 531. The molecule has 1 aliphatic heterocycles. The molecule has 2 rings (SSSR count). The summed E-state index contributed by atoms with van der Waals surface area (Å²) in [5.41, 5.74) is 4.30. The highest BCUT2D eigenvalue weighted by atomic mass is 19.4. The Morgan fingerprint density at radius 2 is 2.05 bits per heavy atom. The molecule has 2 N–H and O–H groups in total. The summed E-state index contributed by atoms with van der Waals surface area (Å²) in [6, 6.07) is 1.91. The predicted molar refractivity (Wildman–Crippen MR) is 73.0 cm³/mol. The number of pyridine rings is 1. The summed E-state index contributed by atoms with van der Waals surface area (Å²) in [6.07, 6.45) is -1.81. The Labute approximate surface area is 121 Å². The Morgan fingerprint density at radius 1 is 1.33 bits per heavy atom. The van der Waals surface area contributed by atoms with Gasteiger partial charge in [-0.05, 0) is 37.3 Å². The third-order valence-corrected chi connectivity index (χ3v) is 3.75. The first-order valence-electron chi connectivity index (χ1n) is 6.92. The van der Waals surface area contributed by atoms with Crippen LogP contribution in [0.1, 0.15) is 42.2 Å². The highest BCUT2D eigenvalue weighted by Crippen LogP contribution is 2.31. The molecule has 1 atom stereocenters. The molecule has 1 saturated heterocycles. The zero-order valence-electron chi connectivity index (χ0n) is 11.8. The van der Waals surface area contributed by atoms with Gasteiger partial charge in [-0.2, -0.15) is 13.2 Å². The Balaban J connectivity index is 2.40. The van der Waals surface area contributed by atoms with Crippen LogP contribution in [0.5, 0.6) is 0 Å². The van der Waals surface area contributed by atoms with Gasteiger partial charge in [-0.1, -0.05) is 6.92 Å². The summed E-state index contributed by atoms with van der Waals surface area (Å²) in [7, 11) is 0. The number of primary amides is 1. The summed E-state index contributed by atoms with van der Waals surface area (Å²) >= 11 is 0.